The molecule has 1 fully saturated rings. The van der Waals surface area contributed by atoms with Crippen molar-refractivity contribution in [1.29, 1.82) is 0 Å². The standard InChI is InChI=1S/C13H24N2O4/c1-4-6-13(3,14)12(18)15(5-2)10-8-19-7-9(10)11(16)17/h9-10H,4-8,14H2,1-3H3,(H,16,17). The van der Waals surface area contributed by atoms with Crippen LogP contribution in [0.3, 0.4) is 0 Å². The van der Waals surface area contributed by atoms with Crippen LogP contribution in [0.1, 0.15) is 33.6 Å². The first-order valence-corrected chi connectivity index (χ1v) is 6.75. The molecule has 110 valence electrons. The fourth-order valence-electron chi connectivity index (χ4n) is 2.57. The van der Waals surface area contributed by atoms with Crippen LogP contribution in [0, 0.1) is 5.92 Å². The van der Waals surface area contributed by atoms with Gasteiger partial charge >= 0.3 is 5.97 Å². The van der Waals surface area contributed by atoms with Crippen molar-refractivity contribution in [3.05, 3.63) is 0 Å². The van der Waals surface area contributed by atoms with Crippen molar-refractivity contribution in [3.8, 4) is 0 Å². The molecule has 19 heavy (non-hydrogen) atoms. The molecule has 3 unspecified atom stereocenters. The second kappa shape index (κ2) is 6.34. The molecule has 0 bridgehead atoms. The molecule has 0 aromatic carbocycles. The average molecular weight is 272 g/mol. The van der Waals surface area contributed by atoms with Gasteiger partial charge in [0.15, 0.2) is 0 Å². The average Bonchev–Trinajstić information content (AvgIpc) is 2.79. The number of carboxylic acid groups (broad SMARTS) is 1. The summed E-state index contributed by atoms with van der Waals surface area (Å²) in [6.45, 7) is 6.35. The lowest BCUT2D eigenvalue weighted by molar-refractivity contribution is -0.146. The summed E-state index contributed by atoms with van der Waals surface area (Å²) in [6.07, 6.45) is 1.38. The van der Waals surface area contributed by atoms with Crippen molar-refractivity contribution in [2.45, 2.75) is 45.2 Å². The highest BCUT2D eigenvalue weighted by atomic mass is 16.5. The summed E-state index contributed by atoms with van der Waals surface area (Å²) in [5.41, 5.74) is 5.11. The number of nitrogens with two attached hydrogens (primary N) is 1. The third-order valence-corrected chi connectivity index (χ3v) is 3.63. The van der Waals surface area contributed by atoms with Gasteiger partial charge in [-0.3, -0.25) is 9.59 Å². The molecule has 0 aliphatic carbocycles. The first-order valence-electron chi connectivity index (χ1n) is 6.75. The second-order valence-corrected chi connectivity index (χ2v) is 5.31. The Morgan fingerprint density at radius 2 is 2.05 bits per heavy atom. The molecule has 6 heteroatoms. The number of rotatable bonds is 6. The van der Waals surface area contributed by atoms with Gasteiger partial charge in [-0.1, -0.05) is 13.3 Å². The van der Waals surface area contributed by atoms with Crippen molar-refractivity contribution in [2.24, 2.45) is 11.7 Å². The summed E-state index contributed by atoms with van der Waals surface area (Å²) in [7, 11) is 0. The van der Waals surface area contributed by atoms with Crippen LogP contribution < -0.4 is 5.73 Å². The summed E-state index contributed by atoms with van der Waals surface area (Å²) in [5.74, 6) is -1.79. The Kier molecular flexibility index (Phi) is 5.31. The predicted octanol–water partition coefficient (Wildman–Crippen LogP) is 0.452. The molecule has 3 N–H and O–H groups in total. The minimum absolute atomic E-state index is 0.152. The number of hydrogen-bond donors (Lipinski definition) is 2. The van der Waals surface area contributed by atoms with E-state index < -0.39 is 23.5 Å². The smallest absolute Gasteiger partial charge is 0.311 e. The van der Waals surface area contributed by atoms with Crippen molar-refractivity contribution in [3.63, 3.8) is 0 Å². The van der Waals surface area contributed by atoms with E-state index in [9.17, 15) is 9.59 Å². The van der Waals surface area contributed by atoms with Crippen molar-refractivity contribution < 1.29 is 19.4 Å². The van der Waals surface area contributed by atoms with E-state index in [1.165, 1.54) is 0 Å². The van der Waals surface area contributed by atoms with E-state index in [1.807, 2.05) is 13.8 Å². The number of amides is 1. The lowest BCUT2D eigenvalue weighted by Crippen LogP contribution is -2.58. The minimum atomic E-state index is -0.948. The van der Waals surface area contributed by atoms with Crippen LogP contribution in [0.4, 0.5) is 0 Å². The second-order valence-electron chi connectivity index (χ2n) is 5.31. The molecular formula is C13H24N2O4. The number of carboxylic acids is 1. The molecule has 0 radical (unpaired) electrons. The third-order valence-electron chi connectivity index (χ3n) is 3.63. The van der Waals surface area contributed by atoms with E-state index in [0.29, 0.717) is 13.0 Å². The summed E-state index contributed by atoms with van der Waals surface area (Å²) in [4.78, 5) is 25.2. The van der Waals surface area contributed by atoms with Gasteiger partial charge < -0.3 is 20.5 Å². The highest BCUT2D eigenvalue weighted by Crippen LogP contribution is 2.23. The maximum Gasteiger partial charge on any atom is 0.311 e. The monoisotopic (exact) mass is 272 g/mol. The molecule has 0 saturated carbocycles. The van der Waals surface area contributed by atoms with Crippen LogP contribution in [0.25, 0.3) is 0 Å². The van der Waals surface area contributed by atoms with E-state index in [0.717, 1.165) is 6.42 Å². The first-order chi connectivity index (χ1) is 8.85. The van der Waals surface area contributed by atoms with E-state index >= 15 is 0 Å². The topological polar surface area (TPSA) is 92.9 Å². The van der Waals surface area contributed by atoms with Crippen LogP contribution >= 0.6 is 0 Å². The Hall–Kier alpha value is -1.14. The number of hydrogen-bond acceptors (Lipinski definition) is 4. The predicted molar refractivity (Wildman–Crippen MR) is 70.6 cm³/mol. The molecular weight excluding hydrogens is 248 g/mol. The van der Waals surface area contributed by atoms with Gasteiger partial charge in [0.25, 0.3) is 0 Å². The first kappa shape index (κ1) is 15.9. The van der Waals surface area contributed by atoms with E-state index in [4.69, 9.17) is 15.6 Å². The molecule has 3 atom stereocenters. The quantitative estimate of drug-likeness (QED) is 0.732. The summed E-state index contributed by atoms with van der Waals surface area (Å²) in [6, 6.07) is -0.422. The van der Waals surface area contributed by atoms with Gasteiger partial charge in [0, 0.05) is 6.54 Å². The van der Waals surface area contributed by atoms with Crippen LogP contribution in [-0.2, 0) is 14.3 Å². The maximum absolute atomic E-state index is 12.5. The van der Waals surface area contributed by atoms with Gasteiger partial charge in [-0.25, -0.2) is 0 Å². The normalized spacial score (nSPS) is 25.9. The lowest BCUT2D eigenvalue weighted by atomic mass is 9.93. The summed E-state index contributed by atoms with van der Waals surface area (Å²) >= 11 is 0. The van der Waals surface area contributed by atoms with E-state index in [2.05, 4.69) is 0 Å². The van der Waals surface area contributed by atoms with E-state index in [-0.39, 0.29) is 19.1 Å². The molecule has 1 saturated heterocycles. The molecule has 0 aromatic rings. The fourth-order valence-corrected chi connectivity index (χ4v) is 2.57. The SMILES string of the molecule is CCCC(C)(N)C(=O)N(CC)C1COCC1C(=O)O. The fraction of sp³-hybridized carbons (Fsp3) is 0.846. The Labute approximate surface area is 113 Å². The summed E-state index contributed by atoms with van der Waals surface area (Å²) < 4.78 is 5.22. The minimum Gasteiger partial charge on any atom is -0.481 e. The number of likely N-dealkylation sites (N-methyl/N-ethyl adjacent to an activating group) is 1. The molecule has 1 amide bonds. The van der Waals surface area contributed by atoms with Crippen molar-refractivity contribution in [1.82, 2.24) is 4.90 Å². The molecule has 1 aliphatic heterocycles. The van der Waals surface area contributed by atoms with Gasteiger partial charge in [0.05, 0.1) is 24.8 Å². The van der Waals surface area contributed by atoms with E-state index in [1.54, 1.807) is 11.8 Å². The van der Waals surface area contributed by atoms with Gasteiger partial charge in [-0.2, -0.15) is 0 Å². The Bertz CT molecular complexity index is 344. The van der Waals surface area contributed by atoms with Crippen LogP contribution in [0.5, 0.6) is 0 Å². The Morgan fingerprint density at radius 3 is 2.53 bits per heavy atom. The third kappa shape index (κ3) is 3.45. The van der Waals surface area contributed by atoms with Crippen molar-refractivity contribution in [2.75, 3.05) is 19.8 Å². The van der Waals surface area contributed by atoms with Gasteiger partial charge in [-0.15, -0.1) is 0 Å². The number of aliphatic carboxylic acids is 1. The molecule has 0 spiro atoms. The molecule has 6 nitrogen and oxygen atoms in total. The largest absolute Gasteiger partial charge is 0.481 e. The molecule has 1 heterocycles. The van der Waals surface area contributed by atoms with Crippen LogP contribution in [0.2, 0.25) is 0 Å². The highest BCUT2D eigenvalue weighted by molar-refractivity contribution is 5.86. The number of carbonyl (C=O) groups excluding carboxylic acids is 1. The highest BCUT2D eigenvalue weighted by Gasteiger charge is 2.42. The van der Waals surface area contributed by atoms with Gasteiger partial charge in [0.1, 0.15) is 5.92 Å². The maximum atomic E-state index is 12.5. The molecule has 0 aromatic heterocycles. The number of ether oxygens (including phenoxy) is 1. The molecule has 1 aliphatic rings. The zero-order valence-corrected chi connectivity index (χ0v) is 11.9. The molecule has 1 rings (SSSR count). The van der Waals surface area contributed by atoms with Crippen LogP contribution in [-0.4, -0.2) is 53.2 Å². The Morgan fingerprint density at radius 1 is 1.42 bits per heavy atom. The van der Waals surface area contributed by atoms with Gasteiger partial charge in [-0.05, 0) is 20.3 Å². The Balaban J connectivity index is 2.88. The zero-order chi connectivity index (χ0) is 14.6. The zero-order valence-electron chi connectivity index (χ0n) is 11.9. The number of nitrogens with zero attached hydrogens (tertiary/aromatic N) is 1. The number of carbonyl (C=O) groups is 2. The van der Waals surface area contributed by atoms with Gasteiger partial charge in [0.2, 0.25) is 5.91 Å². The van der Waals surface area contributed by atoms with Crippen molar-refractivity contribution >= 4 is 11.9 Å². The summed E-state index contributed by atoms with van der Waals surface area (Å²) in [5, 5.41) is 9.17. The van der Waals surface area contributed by atoms with Crippen LogP contribution in [0.15, 0.2) is 0 Å². The lowest BCUT2D eigenvalue weighted by Gasteiger charge is -2.35.